The Labute approximate surface area is 114 Å². The second-order valence-electron chi connectivity index (χ2n) is 5.22. The van der Waals surface area contributed by atoms with E-state index < -0.39 is 10.0 Å². The van der Waals surface area contributed by atoms with Gasteiger partial charge in [0.15, 0.2) is 0 Å². The molecule has 2 unspecified atom stereocenters. The summed E-state index contributed by atoms with van der Waals surface area (Å²) in [5, 5.41) is 4.06. The quantitative estimate of drug-likeness (QED) is 0.805. The average Bonchev–Trinajstić information content (AvgIpc) is 2.97. The second-order valence-corrected chi connectivity index (χ2v) is 6.93. The highest BCUT2D eigenvalue weighted by Gasteiger charge is 2.28. The molecule has 0 spiro atoms. The maximum Gasteiger partial charge on any atom is 0.243 e. The van der Waals surface area contributed by atoms with E-state index in [1.165, 1.54) is 6.20 Å². The molecule has 0 amide bonds. The van der Waals surface area contributed by atoms with Gasteiger partial charge in [-0.15, -0.1) is 0 Å². The number of nitrogens with one attached hydrogen (secondary N) is 1. The lowest BCUT2D eigenvalue weighted by atomic mass is 10.1. The first-order valence-electron chi connectivity index (χ1n) is 6.78. The van der Waals surface area contributed by atoms with Gasteiger partial charge in [-0.3, -0.25) is 4.68 Å². The molecule has 0 saturated heterocycles. The molecule has 0 aliphatic heterocycles. The van der Waals surface area contributed by atoms with Crippen LogP contribution >= 0.6 is 0 Å². The number of nitrogens with two attached hydrogens (primary N) is 1. The van der Waals surface area contributed by atoms with Crippen LogP contribution in [0.15, 0.2) is 17.3 Å². The van der Waals surface area contributed by atoms with Gasteiger partial charge in [-0.25, -0.2) is 13.1 Å². The average molecular weight is 286 g/mol. The van der Waals surface area contributed by atoms with E-state index in [4.69, 9.17) is 5.73 Å². The minimum Gasteiger partial charge on any atom is -0.330 e. The fourth-order valence-corrected chi connectivity index (χ4v) is 3.78. The summed E-state index contributed by atoms with van der Waals surface area (Å²) >= 11 is 0. The van der Waals surface area contributed by atoms with E-state index in [0.717, 1.165) is 25.7 Å². The number of rotatable bonds is 6. The van der Waals surface area contributed by atoms with Gasteiger partial charge in [0.25, 0.3) is 0 Å². The monoisotopic (exact) mass is 286 g/mol. The van der Waals surface area contributed by atoms with Gasteiger partial charge >= 0.3 is 0 Å². The van der Waals surface area contributed by atoms with Crippen molar-refractivity contribution >= 4 is 10.0 Å². The van der Waals surface area contributed by atoms with Crippen molar-refractivity contribution in [1.82, 2.24) is 14.5 Å². The molecule has 2 atom stereocenters. The Hall–Kier alpha value is -0.920. The zero-order valence-electron chi connectivity index (χ0n) is 11.2. The van der Waals surface area contributed by atoms with Crippen LogP contribution in [0.5, 0.6) is 0 Å². The van der Waals surface area contributed by atoms with Crippen molar-refractivity contribution in [3.8, 4) is 0 Å². The molecule has 0 aromatic carbocycles. The maximum absolute atomic E-state index is 12.2. The van der Waals surface area contributed by atoms with Crippen molar-refractivity contribution in [2.75, 3.05) is 6.54 Å². The number of aryl methyl sites for hydroxylation is 1. The van der Waals surface area contributed by atoms with E-state index in [2.05, 4.69) is 16.7 Å². The van der Waals surface area contributed by atoms with Gasteiger partial charge in [0.2, 0.25) is 10.0 Å². The first-order chi connectivity index (χ1) is 9.03. The normalized spacial score (nSPS) is 23.9. The Kier molecular flexibility index (Phi) is 4.59. The Morgan fingerprint density at radius 2 is 2.32 bits per heavy atom. The number of sulfonamides is 1. The topological polar surface area (TPSA) is 90.0 Å². The molecule has 1 fully saturated rings. The molecule has 1 heterocycles. The molecule has 1 aliphatic carbocycles. The van der Waals surface area contributed by atoms with E-state index in [9.17, 15) is 8.42 Å². The van der Waals surface area contributed by atoms with Crippen LogP contribution in [-0.4, -0.2) is 30.8 Å². The molecule has 6 nitrogen and oxygen atoms in total. The number of aromatic nitrogens is 2. The zero-order chi connectivity index (χ0) is 13.9. The number of hydrogen-bond acceptors (Lipinski definition) is 4. The van der Waals surface area contributed by atoms with Crippen LogP contribution in [0.3, 0.4) is 0 Å². The van der Waals surface area contributed by atoms with E-state index in [0.29, 0.717) is 19.0 Å². The van der Waals surface area contributed by atoms with Gasteiger partial charge in [0.1, 0.15) is 4.90 Å². The summed E-state index contributed by atoms with van der Waals surface area (Å²) in [7, 11) is -3.45. The molecule has 108 valence electrons. The summed E-state index contributed by atoms with van der Waals surface area (Å²) in [6.07, 6.45) is 6.85. The van der Waals surface area contributed by atoms with Crippen molar-refractivity contribution in [1.29, 1.82) is 0 Å². The van der Waals surface area contributed by atoms with Gasteiger partial charge in [0.05, 0.1) is 6.20 Å². The first-order valence-corrected chi connectivity index (χ1v) is 8.26. The van der Waals surface area contributed by atoms with Crippen LogP contribution < -0.4 is 10.5 Å². The highest BCUT2D eigenvalue weighted by molar-refractivity contribution is 7.89. The molecule has 0 bridgehead atoms. The Morgan fingerprint density at radius 1 is 1.53 bits per heavy atom. The standard InChI is InChI=1S/C12H22N4O2S/c1-10-4-2-5-12(10)15-19(17,18)11-8-14-16(9-11)7-3-6-13/h8-10,12,15H,2-7,13H2,1H3. The SMILES string of the molecule is CC1CCCC1NS(=O)(=O)c1cnn(CCCN)c1. The maximum atomic E-state index is 12.2. The van der Waals surface area contributed by atoms with E-state index in [1.807, 2.05) is 0 Å². The Balaban J connectivity index is 2.04. The number of hydrogen-bond donors (Lipinski definition) is 2. The summed E-state index contributed by atoms with van der Waals surface area (Å²) in [6.45, 7) is 3.30. The molecule has 7 heteroatoms. The molecule has 1 aliphatic rings. The summed E-state index contributed by atoms with van der Waals surface area (Å²) in [6, 6.07) is 0.0531. The highest BCUT2D eigenvalue weighted by Crippen LogP contribution is 2.26. The lowest BCUT2D eigenvalue weighted by Crippen LogP contribution is -2.36. The summed E-state index contributed by atoms with van der Waals surface area (Å²) in [5.74, 6) is 0.405. The van der Waals surface area contributed by atoms with Crippen LogP contribution in [0.4, 0.5) is 0 Å². The zero-order valence-corrected chi connectivity index (χ0v) is 12.1. The van der Waals surface area contributed by atoms with Crippen LogP contribution in [0.1, 0.15) is 32.6 Å². The second kappa shape index (κ2) is 6.02. The highest BCUT2D eigenvalue weighted by atomic mass is 32.2. The van der Waals surface area contributed by atoms with Crippen LogP contribution in [0, 0.1) is 5.92 Å². The third-order valence-corrected chi connectivity index (χ3v) is 5.12. The van der Waals surface area contributed by atoms with E-state index in [-0.39, 0.29) is 10.9 Å². The molecular formula is C12H22N4O2S. The third-order valence-electron chi connectivity index (χ3n) is 3.68. The van der Waals surface area contributed by atoms with Gasteiger partial charge in [-0.2, -0.15) is 5.10 Å². The molecule has 1 saturated carbocycles. The summed E-state index contributed by atoms with van der Waals surface area (Å²) in [5.41, 5.74) is 5.42. The van der Waals surface area contributed by atoms with E-state index in [1.54, 1.807) is 10.9 Å². The lowest BCUT2D eigenvalue weighted by Gasteiger charge is -2.16. The van der Waals surface area contributed by atoms with Crippen molar-refractivity contribution in [2.45, 2.75) is 50.1 Å². The minimum absolute atomic E-state index is 0.0531. The van der Waals surface area contributed by atoms with Crippen molar-refractivity contribution < 1.29 is 8.42 Å². The fraction of sp³-hybridized carbons (Fsp3) is 0.750. The first kappa shape index (κ1) is 14.5. The third kappa shape index (κ3) is 3.55. The minimum atomic E-state index is -3.45. The van der Waals surface area contributed by atoms with Crippen LogP contribution in [-0.2, 0) is 16.6 Å². The summed E-state index contributed by atoms with van der Waals surface area (Å²) in [4.78, 5) is 0.239. The molecular weight excluding hydrogens is 264 g/mol. The lowest BCUT2D eigenvalue weighted by molar-refractivity contribution is 0.476. The van der Waals surface area contributed by atoms with Crippen LogP contribution in [0.2, 0.25) is 0 Å². The Morgan fingerprint density at radius 3 is 2.95 bits per heavy atom. The van der Waals surface area contributed by atoms with Gasteiger partial charge in [-0.1, -0.05) is 13.3 Å². The fourth-order valence-electron chi connectivity index (χ4n) is 2.45. The molecule has 2 rings (SSSR count). The van der Waals surface area contributed by atoms with Crippen molar-refractivity contribution in [2.24, 2.45) is 11.7 Å². The predicted molar refractivity (Wildman–Crippen MR) is 73.0 cm³/mol. The molecule has 3 N–H and O–H groups in total. The van der Waals surface area contributed by atoms with Gasteiger partial charge in [-0.05, 0) is 31.7 Å². The van der Waals surface area contributed by atoms with Gasteiger partial charge < -0.3 is 5.73 Å². The van der Waals surface area contributed by atoms with Crippen LogP contribution in [0.25, 0.3) is 0 Å². The molecule has 1 aromatic rings. The smallest absolute Gasteiger partial charge is 0.243 e. The summed E-state index contributed by atoms with van der Waals surface area (Å²) < 4.78 is 28.9. The number of nitrogens with zero attached hydrogens (tertiary/aromatic N) is 2. The molecule has 1 aromatic heterocycles. The van der Waals surface area contributed by atoms with Crippen molar-refractivity contribution in [3.05, 3.63) is 12.4 Å². The Bertz CT molecular complexity index is 512. The predicted octanol–water partition coefficient (Wildman–Crippen LogP) is 0.699. The molecule has 0 radical (unpaired) electrons. The van der Waals surface area contributed by atoms with E-state index >= 15 is 0 Å². The van der Waals surface area contributed by atoms with Gasteiger partial charge in [0, 0.05) is 18.8 Å². The largest absolute Gasteiger partial charge is 0.330 e. The molecule has 19 heavy (non-hydrogen) atoms. The van der Waals surface area contributed by atoms with Crippen molar-refractivity contribution in [3.63, 3.8) is 0 Å².